The van der Waals surface area contributed by atoms with Crippen LogP contribution in [-0.2, 0) is 6.54 Å². The van der Waals surface area contributed by atoms with Crippen LogP contribution in [0, 0.1) is 12.8 Å². The summed E-state index contributed by atoms with van der Waals surface area (Å²) in [6.07, 6.45) is 1.27. The highest BCUT2D eigenvalue weighted by atomic mass is 32.2. The number of benzene rings is 1. The summed E-state index contributed by atoms with van der Waals surface area (Å²) in [5, 5.41) is 3.20. The molecular weight excluding hydrogens is 214 g/mol. The smallest absolute Gasteiger partial charge is 0.0205 e. The van der Waals surface area contributed by atoms with Crippen LogP contribution < -0.4 is 5.32 Å². The zero-order valence-corrected chi connectivity index (χ0v) is 11.7. The van der Waals surface area contributed by atoms with Crippen LogP contribution in [0.4, 0.5) is 0 Å². The molecule has 0 heterocycles. The first-order valence-electron chi connectivity index (χ1n) is 6.04. The lowest BCUT2D eigenvalue weighted by Crippen LogP contribution is -2.06. The van der Waals surface area contributed by atoms with Crippen LogP contribution in [0.15, 0.2) is 23.1 Å². The quantitative estimate of drug-likeness (QED) is 0.754. The van der Waals surface area contributed by atoms with E-state index in [2.05, 4.69) is 44.3 Å². The summed E-state index contributed by atoms with van der Waals surface area (Å²) in [4.78, 5) is 1.40. The van der Waals surface area contributed by atoms with E-state index in [0.717, 1.165) is 12.5 Å². The minimum Gasteiger partial charge on any atom is -0.316 e. The normalized spacial score (nSPS) is 12.8. The van der Waals surface area contributed by atoms with E-state index in [0.29, 0.717) is 0 Å². The van der Waals surface area contributed by atoms with Gasteiger partial charge < -0.3 is 5.32 Å². The van der Waals surface area contributed by atoms with Gasteiger partial charge in [0.15, 0.2) is 0 Å². The molecule has 90 valence electrons. The van der Waals surface area contributed by atoms with E-state index in [1.54, 1.807) is 0 Å². The van der Waals surface area contributed by atoms with Crippen molar-refractivity contribution in [2.24, 2.45) is 5.92 Å². The van der Waals surface area contributed by atoms with Gasteiger partial charge in [0.05, 0.1) is 0 Å². The number of hydrogen-bond acceptors (Lipinski definition) is 2. The van der Waals surface area contributed by atoms with Crippen LogP contribution in [0.1, 0.15) is 31.4 Å². The summed E-state index contributed by atoms with van der Waals surface area (Å²) in [6, 6.07) is 6.79. The topological polar surface area (TPSA) is 12.0 Å². The highest BCUT2D eigenvalue weighted by molar-refractivity contribution is 7.99. The molecule has 1 aromatic rings. The Kier molecular flexibility index (Phi) is 5.93. The largest absolute Gasteiger partial charge is 0.316 e. The van der Waals surface area contributed by atoms with Crippen LogP contribution in [0.2, 0.25) is 0 Å². The van der Waals surface area contributed by atoms with Gasteiger partial charge in [-0.2, -0.15) is 0 Å². The number of nitrogens with one attached hydrogen (secondary N) is 1. The third kappa shape index (κ3) is 4.18. The molecule has 0 saturated heterocycles. The Bertz CT molecular complexity index is 323. The molecule has 0 bridgehead atoms. The first-order valence-corrected chi connectivity index (χ1v) is 7.02. The third-order valence-electron chi connectivity index (χ3n) is 2.91. The number of thioether (sulfide) groups is 1. The molecule has 0 saturated carbocycles. The lowest BCUT2D eigenvalue weighted by molar-refractivity contribution is 0.637. The Morgan fingerprint density at radius 3 is 2.69 bits per heavy atom. The lowest BCUT2D eigenvalue weighted by atomic mass is 10.1. The average molecular weight is 237 g/mol. The van der Waals surface area contributed by atoms with Crippen molar-refractivity contribution in [2.75, 3.05) is 12.8 Å². The SMILES string of the molecule is CCC(C)CSc1ccc(CNC)c(C)c1. The van der Waals surface area contributed by atoms with Crippen LogP contribution in [-0.4, -0.2) is 12.8 Å². The molecule has 16 heavy (non-hydrogen) atoms. The molecule has 0 aromatic heterocycles. The van der Waals surface area contributed by atoms with Crippen LogP contribution in [0.25, 0.3) is 0 Å². The second-order valence-electron chi connectivity index (χ2n) is 4.44. The molecule has 1 unspecified atom stereocenters. The van der Waals surface area contributed by atoms with E-state index in [1.165, 1.54) is 28.2 Å². The highest BCUT2D eigenvalue weighted by Gasteiger charge is 2.03. The van der Waals surface area contributed by atoms with E-state index >= 15 is 0 Å². The first-order chi connectivity index (χ1) is 7.67. The maximum absolute atomic E-state index is 3.20. The molecule has 2 heteroatoms. The molecule has 1 rings (SSSR count). The molecular formula is C14H23NS. The Labute approximate surface area is 104 Å². The minimum atomic E-state index is 0.808. The van der Waals surface area contributed by atoms with Gasteiger partial charge in [-0.05, 0) is 43.1 Å². The van der Waals surface area contributed by atoms with E-state index < -0.39 is 0 Å². The molecule has 0 spiro atoms. The van der Waals surface area contributed by atoms with Gasteiger partial charge >= 0.3 is 0 Å². The van der Waals surface area contributed by atoms with Crippen molar-refractivity contribution in [3.05, 3.63) is 29.3 Å². The summed E-state index contributed by atoms with van der Waals surface area (Å²) in [6.45, 7) is 7.73. The summed E-state index contributed by atoms with van der Waals surface area (Å²) < 4.78 is 0. The molecule has 1 N–H and O–H groups in total. The maximum atomic E-state index is 3.20. The van der Waals surface area contributed by atoms with E-state index in [-0.39, 0.29) is 0 Å². The minimum absolute atomic E-state index is 0.808. The Balaban J connectivity index is 2.59. The highest BCUT2D eigenvalue weighted by Crippen LogP contribution is 2.24. The van der Waals surface area contributed by atoms with Crippen molar-refractivity contribution in [1.82, 2.24) is 5.32 Å². The van der Waals surface area contributed by atoms with Gasteiger partial charge in [0.25, 0.3) is 0 Å². The van der Waals surface area contributed by atoms with Crippen molar-refractivity contribution < 1.29 is 0 Å². The van der Waals surface area contributed by atoms with E-state index in [9.17, 15) is 0 Å². The summed E-state index contributed by atoms with van der Waals surface area (Å²) in [5.74, 6) is 2.03. The summed E-state index contributed by atoms with van der Waals surface area (Å²) >= 11 is 1.97. The van der Waals surface area contributed by atoms with Crippen LogP contribution in [0.5, 0.6) is 0 Å². The molecule has 0 radical (unpaired) electrons. The van der Waals surface area contributed by atoms with E-state index in [4.69, 9.17) is 0 Å². The molecule has 0 amide bonds. The molecule has 0 aliphatic heterocycles. The molecule has 1 atom stereocenters. The predicted octanol–water partition coefficient (Wildman–Crippen LogP) is 3.85. The van der Waals surface area contributed by atoms with Crippen molar-refractivity contribution in [1.29, 1.82) is 0 Å². The monoisotopic (exact) mass is 237 g/mol. The van der Waals surface area contributed by atoms with Crippen molar-refractivity contribution in [3.63, 3.8) is 0 Å². The number of aryl methyl sites for hydroxylation is 1. The molecule has 0 aliphatic carbocycles. The van der Waals surface area contributed by atoms with Gasteiger partial charge in [0, 0.05) is 17.2 Å². The molecule has 0 aliphatic rings. The summed E-state index contributed by atoms with van der Waals surface area (Å²) in [5.41, 5.74) is 2.79. The molecule has 0 fully saturated rings. The summed E-state index contributed by atoms with van der Waals surface area (Å²) in [7, 11) is 1.99. The van der Waals surface area contributed by atoms with Gasteiger partial charge in [0.2, 0.25) is 0 Å². The van der Waals surface area contributed by atoms with E-state index in [1.807, 2.05) is 18.8 Å². The predicted molar refractivity (Wildman–Crippen MR) is 74.1 cm³/mol. The lowest BCUT2D eigenvalue weighted by Gasteiger charge is -2.10. The van der Waals surface area contributed by atoms with Gasteiger partial charge in [-0.1, -0.05) is 26.3 Å². The Hall–Kier alpha value is -0.470. The van der Waals surface area contributed by atoms with Crippen LogP contribution >= 0.6 is 11.8 Å². The van der Waals surface area contributed by atoms with Crippen molar-refractivity contribution >= 4 is 11.8 Å². The van der Waals surface area contributed by atoms with Gasteiger partial charge in [-0.3, -0.25) is 0 Å². The first kappa shape index (κ1) is 13.6. The Morgan fingerprint density at radius 1 is 1.38 bits per heavy atom. The second-order valence-corrected chi connectivity index (χ2v) is 5.54. The number of rotatable bonds is 6. The van der Waals surface area contributed by atoms with Crippen molar-refractivity contribution in [3.8, 4) is 0 Å². The zero-order valence-electron chi connectivity index (χ0n) is 10.8. The zero-order chi connectivity index (χ0) is 12.0. The van der Waals surface area contributed by atoms with Gasteiger partial charge in [-0.25, -0.2) is 0 Å². The van der Waals surface area contributed by atoms with Gasteiger partial charge in [0.1, 0.15) is 0 Å². The Morgan fingerprint density at radius 2 is 2.12 bits per heavy atom. The average Bonchev–Trinajstić information content (AvgIpc) is 2.29. The van der Waals surface area contributed by atoms with Gasteiger partial charge in [-0.15, -0.1) is 11.8 Å². The third-order valence-corrected chi connectivity index (χ3v) is 4.24. The fourth-order valence-electron chi connectivity index (χ4n) is 1.50. The van der Waals surface area contributed by atoms with Crippen LogP contribution in [0.3, 0.4) is 0 Å². The fourth-order valence-corrected chi connectivity index (χ4v) is 2.64. The van der Waals surface area contributed by atoms with Crippen molar-refractivity contribution in [2.45, 2.75) is 38.6 Å². The molecule has 1 aromatic carbocycles. The maximum Gasteiger partial charge on any atom is 0.0205 e. The second kappa shape index (κ2) is 6.97. The molecule has 1 nitrogen and oxygen atoms in total. The number of hydrogen-bond donors (Lipinski definition) is 1. The standard InChI is InChI=1S/C14H23NS/c1-5-11(2)10-16-14-7-6-13(9-15-4)12(3)8-14/h6-8,11,15H,5,9-10H2,1-4H3. The fraction of sp³-hybridized carbons (Fsp3) is 0.571.